The lowest BCUT2D eigenvalue weighted by molar-refractivity contribution is -0.116. The molecule has 2 aromatic heterocycles. The number of nitrogens with zero attached hydrogens (tertiary/aromatic N) is 4. The summed E-state index contributed by atoms with van der Waals surface area (Å²) in [5.41, 5.74) is 3.45. The Labute approximate surface area is 174 Å². The number of rotatable bonds is 6. The first-order valence-electron chi connectivity index (χ1n) is 9.77. The molecule has 0 bridgehead atoms. The van der Waals surface area contributed by atoms with Gasteiger partial charge in [-0.05, 0) is 43.2 Å². The van der Waals surface area contributed by atoms with Gasteiger partial charge in [0.15, 0.2) is 0 Å². The highest BCUT2D eigenvalue weighted by Gasteiger charge is 2.18. The number of aryl methyl sites for hydroxylation is 1. The van der Waals surface area contributed by atoms with Crippen molar-refractivity contribution in [2.45, 2.75) is 19.8 Å². The molecule has 152 valence electrons. The standard InChI is InChI=1S/C23H23N5O2/c1-17-22(23(30)28(26(17)2)20-11-7-4-8-12-20)25-21(29)14-13-18-15-24-27(16-18)19-9-5-3-6-10-19/h3-12,15-16H,13-14H2,1-2H3,(H,25,29). The summed E-state index contributed by atoms with van der Waals surface area (Å²) >= 11 is 0. The minimum Gasteiger partial charge on any atom is -0.320 e. The SMILES string of the molecule is Cc1c(NC(=O)CCc2cnn(-c3ccccc3)c2)c(=O)n(-c2ccccc2)n1C. The summed E-state index contributed by atoms with van der Waals surface area (Å²) in [4.78, 5) is 25.4. The fourth-order valence-electron chi connectivity index (χ4n) is 3.38. The number of hydrogen-bond acceptors (Lipinski definition) is 3. The van der Waals surface area contributed by atoms with Gasteiger partial charge in [0.1, 0.15) is 5.69 Å². The first-order valence-corrected chi connectivity index (χ1v) is 9.77. The molecule has 7 heteroatoms. The molecule has 0 aliphatic rings. The second-order valence-corrected chi connectivity index (χ2v) is 7.11. The van der Waals surface area contributed by atoms with Crippen LogP contribution in [0, 0.1) is 6.92 Å². The smallest absolute Gasteiger partial charge is 0.295 e. The minimum atomic E-state index is -0.244. The van der Waals surface area contributed by atoms with Crippen molar-refractivity contribution < 1.29 is 4.79 Å². The third-order valence-corrected chi connectivity index (χ3v) is 5.12. The van der Waals surface area contributed by atoms with E-state index in [4.69, 9.17) is 0 Å². The van der Waals surface area contributed by atoms with Gasteiger partial charge in [-0.1, -0.05) is 36.4 Å². The van der Waals surface area contributed by atoms with E-state index in [1.165, 1.54) is 0 Å². The molecule has 0 aliphatic heterocycles. The van der Waals surface area contributed by atoms with Gasteiger partial charge in [-0.3, -0.25) is 14.3 Å². The Morgan fingerprint density at radius 1 is 1.00 bits per heavy atom. The van der Waals surface area contributed by atoms with Crippen LogP contribution in [-0.4, -0.2) is 25.1 Å². The maximum absolute atomic E-state index is 12.9. The molecule has 0 aliphatic carbocycles. The van der Waals surface area contributed by atoms with E-state index < -0.39 is 0 Å². The number of aromatic nitrogens is 4. The van der Waals surface area contributed by atoms with Crippen molar-refractivity contribution in [3.63, 3.8) is 0 Å². The topological polar surface area (TPSA) is 73.8 Å². The van der Waals surface area contributed by atoms with Crippen molar-refractivity contribution in [2.75, 3.05) is 5.32 Å². The van der Waals surface area contributed by atoms with Crippen LogP contribution < -0.4 is 10.9 Å². The Morgan fingerprint density at radius 2 is 1.63 bits per heavy atom. The molecule has 0 radical (unpaired) electrons. The molecule has 2 heterocycles. The Balaban J connectivity index is 1.45. The quantitative estimate of drug-likeness (QED) is 0.539. The average molecular weight is 401 g/mol. The number of nitrogens with one attached hydrogen (secondary N) is 1. The van der Waals surface area contributed by atoms with Gasteiger partial charge in [0.2, 0.25) is 5.91 Å². The van der Waals surface area contributed by atoms with Crippen molar-refractivity contribution >= 4 is 11.6 Å². The summed E-state index contributed by atoms with van der Waals surface area (Å²) in [7, 11) is 1.80. The Bertz CT molecular complexity index is 1220. The van der Waals surface area contributed by atoms with E-state index in [2.05, 4.69) is 10.4 Å². The summed E-state index contributed by atoms with van der Waals surface area (Å²) in [5.74, 6) is -0.200. The lowest BCUT2D eigenvalue weighted by atomic mass is 10.2. The zero-order valence-electron chi connectivity index (χ0n) is 16.9. The molecule has 0 saturated heterocycles. The molecule has 7 nitrogen and oxygen atoms in total. The van der Waals surface area contributed by atoms with Crippen LogP contribution in [-0.2, 0) is 18.3 Å². The Kier molecular flexibility index (Phi) is 5.34. The van der Waals surface area contributed by atoms with Crippen LogP contribution in [0.1, 0.15) is 17.7 Å². The lowest BCUT2D eigenvalue weighted by Gasteiger charge is -2.07. The van der Waals surface area contributed by atoms with Gasteiger partial charge in [0.25, 0.3) is 5.56 Å². The molecule has 30 heavy (non-hydrogen) atoms. The summed E-state index contributed by atoms with van der Waals surface area (Å²) in [5, 5.41) is 7.15. The van der Waals surface area contributed by atoms with Gasteiger partial charge in [-0.15, -0.1) is 0 Å². The molecule has 1 N–H and O–H groups in total. The van der Waals surface area contributed by atoms with E-state index in [9.17, 15) is 9.59 Å². The first kappa shape index (κ1) is 19.4. The van der Waals surface area contributed by atoms with Crippen LogP contribution in [0.4, 0.5) is 5.69 Å². The van der Waals surface area contributed by atoms with Gasteiger partial charge in [-0.2, -0.15) is 5.10 Å². The van der Waals surface area contributed by atoms with E-state index in [0.29, 0.717) is 17.8 Å². The highest BCUT2D eigenvalue weighted by molar-refractivity contribution is 5.91. The third-order valence-electron chi connectivity index (χ3n) is 5.12. The summed E-state index contributed by atoms with van der Waals surface area (Å²) in [6.45, 7) is 1.82. The van der Waals surface area contributed by atoms with E-state index in [1.807, 2.05) is 73.8 Å². The highest BCUT2D eigenvalue weighted by atomic mass is 16.2. The molecule has 4 rings (SSSR count). The van der Waals surface area contributed by atoms with Crippen molar-refractivity contribution in [2.24, 2.45) is 7.05 Å². The lowest BCUT2D eigenvalue weighted by Crippen LogP contribution is -2.23. The Hall–Kier alpha value is -3.87. The van der Waals surface area contributed by atoms with E-state index in [-0.39, 0.29) is 17.9 Å². The molecule has 1 amide bonds. The maximum Gasteiger partial charge on any atom is 0.295 e. The summed E-state index contributed by atoms with van der Waals surface area (Å²) in [6.07, 6.45) is 4.48. The maximum atomic E-state index is 12.9. The van der Waals surface area contributed by atoms with Gasteiger partial charge >= 0.3 is 0 Å². The number of carbonyl (C=O) groups is 1. The zero-order valence-corrected chi connectivity index (χ0v) is 16.9. The highest BCUT2D eigenvalue weighted by Crippen LogP contribution is 2.15. The van der Waals surface area contributed by atoms with Crippen LogP contribution in [0.3, 0.4) is 0 Å². The molecule has 0 spiro atoms. The third kappa shape index (κ3) is 3.82. The first-order chi connectivity index (χ1) is 14.5. The van der Waals surface area contributed by atoms with E-state index in [1.54, 1.807) is 27.3 Å². The molecule has 4 aromatic rings. The van der Waals surface area contributed by atoms with Crippen LogP contribution in [0.25, 0.3) is 11.4 Å². The van der Waals surface area contributed by atoms with Gasteiger partial charge < -0.3 is 5.32 Å². The largest absolute Gasteiger partial charge is 0.320 e. The number of carbonyl (C=O) groups excluding carboxylic acids is 1. The molecule has 0 saturated carbocycles. The van der Waals surface area contributed by atoms with Crippen molar-refractivity contribution in [3.8, 4) is 11.4 Å². The predicted octanol–water partition coefficient (Wildman–Crippen LogP) is 3.24. The number of anilines is 1. The fourth-order valence-corrected chi connectivity index (χ4v) is 3.38. The molecule has 0 atom stereocenters. The average Bonchev–Trinajstić information content (AvgIpc) is 3.33. The predicted molar refractivity (Wildman–Crippen MR) is 116 cm³/mol. The van der Waals surface area contributed by atoms with Crippen LogP contribution in [0.15, 0.2) is 77.9 Å². The van der Waals surface area contributed by atoms with E-state index >= 15 is 0 Å². The number of amides is 1. The van der Waals surface area contributed by atoms with Crippen LogP contribution >= 0.6 is 0 Å². The van der Waals surface area contributed by atoms with Crippen LogP contribution in [0.2, 0.25) is 0 Å². The second-order valence-electron chi connectivity index (χ2n) is 7.11. The Morgan fingerprint density at radius 3 is 2.30 bits per heavy atom. The van der Waals surface area contributed by atoms with E-state index in [0.717, 1.165) is 16.9 Å². The van der Waals surface area contributed by atoms with Gasteiger partial charge in [0, 0.05) is 19.7 Å². The molecule has 0 unspecified atom stereocenters. The minimum absolute atomic E-state index is 0.200. The molecule has 2 aromatic carbocycles. The number of para-hydroxylation sites is 2. The summed E-state index contributed by atoms with van der Waals surface area (Å²) in [6, 6.07) is 19.2. The molecule has 0 fully saturated rings. The summed E-state index contributed by atoms with van der Waals surface area (Å²) < 4.78 is 5.08. The number of hydrogen-bond donors (Lipinski definition) is 1. The fraction of sp³-hybridized carbons (Fsp3) is 0.174. The monoisotopic (exact) mass is 401 g/mol. The molecular formula is C23H23N5O2. The zero-order chi connectivity index (χ0) is 21.1. The van der Waals surface area contributed by atoms with Crippen LogP contribution in [0.5, 0.6) is 0 Å². The van der Waals surface area contributed by atoms with Gasteiger partial charge in [-0.25, -0.2) is 9.36 Å². The molecular weight excluding hydrogens is 378 g/mol. The normalized spacial score (nSPS) is 10.9. The van der Waals surface area contributed by atoms with Crippen molar-refractivity contribution in [1.82, 2.24) is 19.1 Å². The van der Waals surface area contributed by atoms with Crippen molar-refractivity contribution in [3.05, 3.63) is 94.7 Å². The second kappa shape index (κ2) is 8.24. The van der Waals surface area contributed by atoms with Gasteiger partial charge in [0.05, 0.1) is 23.3 Å². The number of benzene rings is 2. The van der Waals surface area contributed by atoms with Crippen molar-refractivity contribution in [1.29, 1.82) is 0 Å².